The van der Waals surface area contributed by atoms with E-state index in [2.05, 4.69) is 19.0 Å². The number of ether oxygens (including phenoxy) is 3. The van der Waals surface area contributed by atoms with Gasteiger partial charge in [0.1, 0.15) is 33.7 Å². The van der Waals surface area contributed by atoms with E-state index in [9.17, 15) is 0 Å². The van der Waals surface area contributed by atoms with E-state index in [4.69, 9.17) is 65.5 Å². The van der Waals surface area contributed by atoms with Crippen LogP contribution in [0.4, 0.5) is 0 Å². The normalized spacial score (nSPS) is 11.2. The Hall–Kier alpha value is -1.11. The van der Waals surface area contributed by atoms with E-state index in [1.54, 1.807) is 6.08 Å². The van der Waals surface area contributed by atoms with Gasteiger partial charge in [-0.05, 0) is 74.4 Å². The van der Waals surface area contributed by atoms with Gasteiger partial charge in [-0.1, -0.05) is 65.4 Å². The van der Waals surface area contributed by atoms with Gasteiger partial charge in [0.2, 0.25) is 0 Å². The molecule has 0 saturated heterocycles. The van der Waals surface area contributed by atoms with Gasteiger partial charge in [0.25, 0.3) is 0 Å². The van der Waals surface area contributed by atoms with Crippen LogP contribution in [0.15, 0.2) is 38.4 Å². The highest BCUT2D eigenvalue weighted by Gasteiger charge is 2.11. The summed E-state index contributed by atoms with van der Waals surface area (Å²) in [5, 5.41) is 3.93. The Kier molecular flexibility index (Phi) is 16.5. The van der Waals surface area contributed by atoms with E-state index in [1.165, 1.54) is 6.08 Å². The molecule has 33 heavy (non-hydrogen) atoms. The second-order valence-electron chi connectivity index (χ2n) is 7.16. The molecule has 186 valence electrons. The largest absolute Gasteiger partial charge is 0.493 e. The molecule has 0 radical (unpaired) electrons. The van der Waals surface area contributed by atoms with Crippen LogP contribution in [0, 0.1) is 0 Å². The van der Waals surface area contributed by atoms with Crippen LogP contribution in [0.2, 0.25) is 0 Å². The van der Waals surface area contributed by atoms with Crippen LogP contribution >= 0.6 is 46.4 Å². The summed E-state index contributed by atoms with van der Waals surface area (Å²) in [6.45, 7) is 8.37. The molecule has 0 aliphatic carbocycles. The van der Waals surface area contributed by atoms with E-state index < -0.39 is 0 Å². The van der Waals surface area contributed by atoms with Gasteiger partial charge in [0.05, 0.1) is 18.9 Å². The highest BCUT2D eigenvalue weighted by molar-refractivity contribution is 6.56. The van der Waals surface area contributed by atoms with Gasteiger partial charge in [0, 0.05) is 6.61 Å². The molecule has 0 aliphatic rings. The minimum Gasteiger partial charge on any atom is -0.493 e. The summed E-state index contributed by atoms with van der Waals surface area (Å²) < 4.78 is 17.9. The molecular weight excluding hydrogens is 508 g/mol. The summed E-state index contributed by atoms with van der Waals surface area (Å²) in [5.74, 6) is 1.76. The lowest BCUT2D eigenvalue weighted by atomic mass is 10.0. The van der Waals surface area contributed by atoms with Gasteiger partial charge in [-0.2, -0.15) is 0 Å². The second kappa shape index (κ2) is 18.2. The summed E-state index contributed by atoms with van der Waals surface area (Å²) in [4.78, 5) is 5.06. The molecule has 0 spiro atoms. The third kappa shape index (κ3) is 14.0. The van der Waals surface area contributed by atoms with Gasteiger partial charge in [-0.15, -0.1) is 0 Å². The predicted octanol–water partition coefficient (Wildman–Crippen LogP) is 7.79. The molecule has 0 heterocycles. The molecule has 0 saturated carbocycles. The van der Waals surface area contributed by atoms with Gasteiger partial charge in [-0.3, -0.25) is 0 Å². The molecule has 1 aromatic carbocycles. The molecule has 0 atom stereocenters. The van der Waals surface area contributed by atoms with Crippen LogP contribution in [-0.2, 0) is 22.4 Å². The van der Waals surface area contributed by atoms with Crippen molar-refractivity contribution < 1.29 is 19.0 Å². The van der Waals surface area contributed by atoms with E-state index in [-0.39, 0.29) is 15.6 Å². The molecule has 0 fully saturated rings. The second-order valence-corrected chi connectivity index (χ2v) is 9.18. The monoisotopic (exact) mass is 539 g/mol. The van der Waals surface area contributed by atoms with Crippen molar-refractivity contribution in [2.45, 2.75) is 52.9 Å². The lowest BCUT2D eigenvalue weighted by molar-refractivity contribution is 0.148. The Balaban J connectivity index is 2.35. The number of halogens is 4. The summed E-state index contributed by atoms with van der Waals surface area (Å²) >= 11 is 22.3. The maximum Gasteiger partial charge on any atom is 0.138 e. The Morgan fingerprint density at radius 2 is 1.45 bits per heavy atom. The maximum absolute atomic E-state index is 6.15. The van der Waals surface area contributed by atoms with Gasteiger partial charge in [0.15, 0.2) is 0 Å². The average Bonchev–Trinajstić information content (AvgIpc) is 2.78. The molecule has 0 aromatic heterocycles. The molecule has 9 heteroatoms. The maximum atomic E-state index is 6.15. The molecule has 0 amide bonds. The third-order valence-electron chi connectivity index (χ3n) is 4.49. The zero-order valence-electron chi connectivity index (χ0n) is 19.5. The van der Waals surface area contributed by atoms with E-state index in [0.29, 0.717) is 26.4 Å². The fourth-order valence-corrected chi connectivity index (χ4v) is 3.12. The SMILES string of the molecule is CCc1cc(OCC=C(Cl)Cl)cc(CC)c1OCCCCCOCC(C)=NOCC=C(Cl)Cl. The predicted molar refractivity (Wildman–Crippen MR) is 139 cm³/mol. The quantitative estimate of drug-likeness (QED) is 0.115. The topological polar surface area (TPSA) is 49.3 Å². The summed E-state index contributed by atoms with van der Waals surface area (Å²) in [6, 6.07) is 4.04. The molecule has 5 nitrogen and oxygen atoms in total. The fourth-order valence-electron chi connectivity index (χ4n) is 2.87. The molecular formula is C24H33Cl4NO4. The van der Waals surface area contributed by atoms with Crippen molar-refractivity contribution in [1.29, 1.82) is 0 Å². The Labute approximate surface area is 217 Å². The van der Waals surface area contributed by atoms with Crippen LogP contribution in [0.5, 0.6) is 11.5 Å². The number of oxime groups is 1. The molecule has 0 bridgehead atoms. The summed E-state index contributed by atoms with van der Waals surface area (Å²) in [6.07, 6.45) is 7.78. The number of hydrogen-bond donors (Lipinski definition) is 0. The number of aryl methyl sites for hydroxylation is 2. The zero-order chi connectivity index (χ0) is 24.5. The van der Waals surface area contributed by atoms with E-state index in [0.717, 1.165) is 60.4 Å². The third-order valence-corrected chi connectivity index (χ3v) is 5.11. The first-order valence-corrected chi connectivity index (χ1v) is 12.5. The van der Waals surface area contributed by atoms with Gasteiger partial charge >= 0.3 is 0 Å². The van der Waals surface area contributed by atoms with Crippen molar-refractivity contribution in [1.82, 2.24) is 0 Å². The Morgan fingerprint density at radius 1 is 0.848 bits per heavy atom. The van der Waals surface area contributed by atoms with Gasteiger partial charge < -0.3 is 19.0 Å². The van der Waals surface area contributed by atoms with E-state index in [1.807, 2.05) is 19.1 Å². The van der Waals surface area contributed by atoms with Crippen LogP contribution in [-0.4, -0.2) is 38.7 Å². The van der Waals surface area contributed by atoms with Crippen molar-refractivity contribution in [2.75, 3.05) is 33.0 Å². The van der Waals surface area contributed by atoms with E-state index >= 15 is 0 Å². The lowest BCUT2D eigenvalue weighted by Gasteiger charge is -2.17. The van der Waals surface area contributed by atoms with Gasteiger partial charge in [-0.25, -0.2) is 0 Å². The van der Waals surface area contributed by atoms with Crippen LogP contribution in [0.3, 0.4) is 0 Å². The highest BCUT2D eigenvalue weighted by Crippen LogP contribution is 2.31. The van der Waals surface area contributed by atoms with Crippen LogP contribution in [0.1, 0.15) is 51.2 Å². The molecule has 1 rings (SSSR count). The van der Waals surface area contributed by atoms with Crippen LogP contribution in [0.25, 0.3) is 0 Å². The Bertz CT molecular complexity index is 764. The minimum atomic E-state index is 0.160. The molecule has 0 unspecified atom stereocenters. The standard InChI is InChI=1S/C24H33Cl4NO4/c1-4-19-15-21(31-13-9-22(25)26)16-20(5-2)24(19)32-12-8-6-7-11-30-17-18(3)29-33-14-10-23(27)28/h9-10,15-16H,4-8,11-14,17H2,1-3H3. The Morgan fingerprint density at radius 3 is 2.06 bits per heavy atom. The molecule has 0 N–H and O–H groups in total. The first-order valence-electron chi connectivity index (χ1n) is 11.0. The number of rotatable bonds is 17. The fraction of sp³-hybridized carbons (Fsp3) is 0.542. The number of benzene rings is 1. The number of unbranched alkanes of at least 4 members (excludes halogenated alkanes) is 2. The first kappa shape index (κ1) is 29.9. The van der Waals surface area contributed by atoms with Crippen molar-refractivity contribution >= 4 is 52.1 Å². The molecule has 0 aliphatic heterocycles. The van der Waals surface area contributed by atoms with Crippen molar-refractivity contribution in [2.24, 2.45) is 5.16 Å². The van der Waals surface area contributed by atoms with Crippen molar-refractivity contribution in [3.63, 3.8) is 0 Å². The summed E-state index contributed by atoms with van der Waals surface area (Å²) in [5.41, 5.74) is 3.02. The highest BCUT2D eigenvalue weighted by atomic mass is 35.5. The zero-order valence-corrected chi connectivity index (χ0v) is 22.5. The summed E-state index contributed by atoms with van der Waals surface area (Å²) in [7, 11) is 0. The number of nitrogens with zero attached hydrogens (tertiary/aromatic N) is 1. The van der Waals surface area contributed by atoms with Crippen molar-refractivity contribution in [3.8, 4) is 11.5 Å². The minimum absolute atomic E-state index is 0.160. The smallest absolute Gasteiger partial charge is 0.138 e. The lowest BCUT2D eigenvalue weighted by Crippen LogP contribution is -2.07. The van der Waals surface area contributed by atoms with Crippen molar-refractivity contribution in [3.05, 3.63) is 44.4 Å². The number of hydrogen-bond acceptors (Lipinski definition) is 5. The first-order chi connectivity index (χ1) is 15.9. The molecule has 1 aromatic rings. The van der Waals surface area contributed by atoms with Crippen LogP contribution < -0.4 is 9.47 Å². The average molecular weight is 541 g/mol.